The highest BCUT2D eigenvalue weighted by molar-refractivity contribution is 7.99. The van der Waals surface area contributed by atoms with Gasteiger partial charge < -0.3 is 19.5 Å². The molecule has 0 aromatic heterocycles. The Labute approximate surface area is 162 Å². The molecule has 0 aliphatic heterocycles. The minimum absolute atomic E-state index is 0.237. The van der Waals surface area contributed by atoms with Crippen LogP contribution in [0.25, 0.3) is 0 Å². The zero-order chi connectivity index (χ0) is 19.6. The quantitative estimate of drug-likeness (QED) is 0.401. The number of thioether (sulfide) groups is 1. The number of hydrogen-bond acceptors (Lipinski definition) is 6. The summed E-state index contributed by atoms with van der Waals surface area (Å²) in [6.45, 7) is 3.28. The third-order valence-electron chi connectivity index (χ3n) is 3.44. The molecule has 6 nitrogen and oxygen atoms in total. The highest BCUT2D eigenvalue weighted by atomic mass is 32.2. The fourth-order valence-electron chi connectivity index (χ4n) is 2.17. The first-order valence-corrected chi connectivity index (χ1v) is 9.08. The number of amides is 1. The number of benzene rings is 2. The summed E-state index contributed by atoms with van der Waals surface area (Å²) in [5.41, 5.74) is 0.898. The highest BCUT2D eigenvalue weighted by Gasteiger charge is 2.14. The van der Waals surface area contributed by atoms with Crippen LogP contribution < -0.4 is 14.8 Å². The van der Waals surface area contributed by atoms with Crippen LogP contribution in [0.4, 0.5) is 5.69 Å². The summed E-state index contributed by atoms with van der Waals surface area (Å²) in [4.78, 5) is 25.3. The molecular weight excluding hydrogens is 366 g/mol. The van der Waals surface area contributed by atoms with Crippen LogP contribution >= 0.6 is 11.8 Å². The van der Waals surface area contributed by atoms with Gasteiger partial charge in [-0.3, -0.25) is 4.79 Å². The Bertz CT molecular complexity index is 800. The maximum Gasteiger partial charge on any atom is 0.338 e. The third kappa shape index (κ3) is 6.07. The molecular formula is C20H21NO5S. The molecule has 0 saturated carbocycles. The Morgan fingerprint density at radius 1 is 1.11 bits per heavy atom. The summed E-state index contributed by atoms with van der Waals surface area (Å²) in [6, 6.07) is 12.1. The molecule has 2 aromatic rings. The lowest BCUT2D eigenvalue weighted by molar-refractivity contribution is -0.119. The Kier molecular flexibility index (Phi) is 7.76. The second kappa shape index (κ2) is 10.3. The predicted molar refractivity (Wildman–Crippen MR) is 106 cm³/mol. The van der Waals surface area contributed by atoms with Crippen molar-refractivity contribution in [3.63, 3.8) is 0 Å². The van der Waals surface area contributed by atoms with E-state index in [2.05, 4.69) is 11.9 Å². The number of para-hydroxylation sites is 1. The van der Waals surface area contributed by atoms with Crippen molar-refractivity contribution in [2.45, 2.75) is 4.90 Å². The van der Waals surface area contributed by atoms with Crippen LogP contribution in [0.2, 0.25) is 0 Å². The van der Waals surface area contributed by atoms with Crippen molar-refractivity contribution in [1.29, 1.82) is 0 Å². The minimum Gasteiger partial charge on any atom is -0.497 e. The van der Waals surface area contributed by atoms with E-state index in [0.29, 0.717) is 17.2 Å². The molecule has 142 valence electrons. The smallest absolute Gasteiger partial charge is 0.338 e. The molecule has 0 heterocycles. The molecule has 0 unspecified atom stereocenters. The van der Waals surface area contributed by atoms with Gasteiger partial charge in [0, 0.05) is 16.7 Å². The van der Waals surface area contributed by atoms with E-state index in [0.717, 1.165) is 10.6 Å². The van der Waals surface area contributed by atoms with E-state index in [4.69, 9.17) is 14.2 Å². The first kappa shape index (κ1) is 20.4. The number of carbonyl (C=O) groups is 2. The lowest BCUT2D eigenvalue weighted by Gasteiger charge is -2.11. The number of rotatable bonds is 9. The first-order chi connectivity index (χ1) is 13.1. The van der Waals surface area contributed by atoms with Gasteiger partial charge >= 0.3 is 5.97 Å². The van der Waals surface area contributed by atoms with Crippen molar-refractivity contribution in [1.82, 2.24) is 0 Å². The fraction of sp³-hybridized carbons (Fsp3) is 0.200. The summed E-state index contributed by atoms with van der Waals surface area (Å²) in [6.07, 6.45) is 1.79. The molecule has 27 heavy (non-hydrogen) atoms. The molecule has 0 aliphatic carbocycles. The predicted octanol–water partition coefficient (Wildman–Crippen LogP) is 3.78. The fourth-order valence-corrected chi connectivity index (χ4v) is 2.92. The van der Waals surface area contributed by atoms with Crippen LogP contribution in [-0.4, -0.2) is 38.5 Å². The van der Waals surface area contributed by atoms with Gasteiger partial charge in [0.05, 0.1) is 25.5 Å². The van der Waals surface area contributed by atoms with Crippen molar-refractivity contribution >= 4 is 29.3 Å². The van der Waals surface area contributed by atoms with E-state index < -0.39 is 18.5 Å². The van der Waals surface area contributed by atoms with Crippen LogP contribution in [0.15, 0.2) is 60.0 Å². The topological polar surface area (TPSA) is 73.9 Å². The second-order valence-electron chi connectivity index (χ2n) is 5.32. The number of nitrogens with one attached hydrogen (secondary N) is 1. The van der Waals surface area contributed by atoms with E-state index in [9.17, 15) is 9.59 Å². The second-order valence-corrected chi connectivity index (χ2v) is 6.38. The molecule has 0 bridgehead atoms. The van der Waals surface area contributed by atoms with E-state index >= 15 is 0 Å². The Morgan fingerprint density at radius 2 is 1.78 bits per heavy atom. The zero-order valence-corrected chi connectivity index (χ0v) is 16.0. The van der Waals surface area contributed by atoms with Gasteiger partial charge in [0.1, 0.15) is 11.5 Å². The number of ether oxygens (including phenoxy) is 3. The SMILES string of the molecule is C=CCSc1ccccc1NC(=O)COC(=O)c1cc(OC)cc(OC)c1. The number of anilines is 1. The van der Waals surface area contributed by atoms with Crippen molar-refractivity contribution in [3.8, 4) is 11.5 Å². The van der Waals surface area contributed by atoms with Crippen molar-refractivity contribution in [2.24, 2.45) is 0 Å². The van der Waals surface area contributed by atoms with Crippen molar-refractivity contribution in [3.05, 3.63) is 60.7 Å². The van der Waals surface area contributed by atoms with Crippen LogP contribution in [-0.2, 0) is 9.53 Å². The van der Waals surface area contributed by atoms with E-state index in [1.807, 2.05) is 18.2 Å². The first-order valence-electron chi connectivity index (χ1n) is 8.10. The highest BCUT2D eigenvalue weighted by Crippen LogP contribution is 2.27. The summed E-state index contributed by atoms with van der Waals surface area (Å²) >= 11 is 1.55. The maximum absolute atomic E-state index is 12.2. The number of hydrogen-bond donors (Lipinski definition) is 1. The lowest BCUT2D eigenvalue weighted by Crippen LogP contribution is -2.21. The lowest BCUT2D eigenvalue weighted by atomic mass is 10.2. The minimum atomic E-state index is -0.642. The molecule has 0 atom stereocenters. The third-order valence-corrected chi connectivity index (χ3v) is 4.51. The van der Waals surface area contributed by atoms with Gasteiger partial charge in [-0.2, -0.15) is 0 Å². The molecule has 0 spiro atoms. The van der Waals surface area contributed by atoms with E-state index in [1.54, 1.807) is 30.0 Å². The van der Waals surface area contributed by atoms with Gasteiger partial charge in [-0.1, -0.05) is 18.2 Å². The normalized spacial score (nSPS) is 10.0. The van der Waals surface area contributed by atoms with Gasteiger partial charge in [0.2, 0.25) is 0 Å². The molecule has 2 aromatic carbocycles. The number of carbonyl (C=O) groups excluding carboxylic acids is 2. The molecule has 2 rings (SSSR count). The number of esters is 1. The van der Waals surface area contributed by atoms with Gasteiger partial charge in [0.25, 0.3) is 5.91 Å². The summed E-state index contributed by atoms with van der Waals surface area (Å²) in [5, 5.41) is 2.75. The molecule has 0 saturated heterocycles. The molecule has 1 N–H and O–H groups in total. The van der Waals surface area contributed by atoms with Gasteiger partial charge in [-0.05, 0) is 24.3 Å². The van der Waals surface area contributed by atoms with Crippen molar-refractivity contribution < 1.29 is 23.8 Å². The molecule has 0 aliphatic rings. The van der Waals surface area contributed by atoms with E-state index in [-0.39, 0.29) is 5.56 Å². The van der Waals surface area contributed by atoms with Gasteiger partial charge in [-0.15, -0.1) is 18.3 Å². The summed E-state index contributed by atoms with van der Waals surface area (Å²) < 4.78 is 15.3. The van der Waals surface area contributed by atoms with Crippen LogP contribution in [0.5, 0.6) is 11.5 Å². The molecule has 0 fully saturated rings. The monoisotopic (exact) mass is 387 g/mol. The largest absolute Gasteiger partial charge is 0.497 e. The van der Waals surface area contributed by atoms with E-state index in [1.165, 1.54) is 26.4 Å². The van der Waals surface area contributed by atoms with Gasteiger partial charge in [-0.25, -0.2) is 4.79 Å². The van der Waals surface area contributed by atoms with Crippen molar-refractivity contribution in [2.75, 3.05) is 31.9 Å². The Morgan fingerprint density at radius 3 is 2.41 bits per heavy atom. The maximum atomic E-state index is 12.2. The zero-order valence-electron chi connectivity index (χ0n) is 15.2. The van der Waals surface area contributed by atoms with Crippen LogP contribution in [0, 0.1) is 0 Å². The number of methoxy groups -OCH3 is 2. The van der Waals surface area contributed by atoms with Crippen LogP contribution in [0.1, 0.15) is 10.4 Å². The Balaban J connectivity index is 1.98. The Hall–Kier alpha value is -2.93. The molecule has 0 radical (unpaired) electrons. The molecule has 7 heteroatoms. The molecule has 1 amide bonds. The van der Waals surface area contributed by atoms with Gasteiger partial charge in [0.15, 0.2) is 6.61 Å². The van der Waals surface area contributed by atoms with Crippen LogP contribution in [0.3, 0.4) is 0 Å². The average Bonchev–Trinajstić information content (AvgIpc) is 2.70. The average molecular weight is 387 g/mol. The summed E-state index contributed by atoms with van der Waals surface area (Å²) in [5.74, 6) is 0.568. The standard InChI is InChI=1S/C20H21NO5S/c1-4-9-27-18-8-6-5-7-17(18)21-19(22)13-26-20(23)14-10-15(24-2)12-16(11-14)25-3/h4-8,10-12H,1,9,13H2,2-3H3,(H,21,22). The summed E-state index contributed by atoms with van der Waals surface area (Å²) in [7, 11) is 2.97.